The van der Waals surface area contributed by atoms with Gasteiger partial charge in [0, 0.05) is 20.1 Å². The predicted molar refractivity (Wildman–Crippen MR) is 123 cm³/mol. The minimum absolute atomic E-state index is 0.326. The van der Waals surface area contributed by atoms with Gasteiger partial charge in [-0.25, -0.2) is 0 Å². The molecular weight excluding hydrogens is 525 g/mol. The molecule has 0 aliphatic heterocycles. The Kier molecular flexibility index (Phi) is 7.20. The molecule has 6 heteroatoms. The third-order valence-corrected chi connectivity index (χ3v) is 5.68. The van der Waals surface area contributed by atoms with Crippen LogP contribution >= 0.6 is 55.1 Å². The largest absolute Gasteiger partial charge is 0.488 e. The van der Waals surface area contributed by atoms with Gasteiger partial charge in [-0.05, 0) is 69.5 Å². The van der Waals surface area contributed by atoms with Crippen molar-refractivity contribution < 1.29 is 4.74 Å². The molecule has 0 heterocycles. The molecule has 140 valence electrons. The lowest BCUT2D eigenvalue weighted by atomic mass is 10.0. The second-order valence-corrected chi connectivity index (χ2v) is 8.50. The van der Waals surface area contributed by atoms with Gasteiger partial charge < -0.3 is 4.74 Å². The van der Waals surface area contributed by atoms with E-state index in [9.17, 15) is 5.26 Å². The Morgan fingerprint density at radius 3 is 2.39 bits per heavy atom. The van der Waals surface area contributed by atoms with Crippen molar-refractivity contribution in [3.63, 3.8) is 0 Å². The zero-order valence-electron chi connectivity index (χ0n) is 14.4. The molecule has 0 unspecified atom stereocenters. The molecule has 28 heavy (non-hydrogen) atoms. The predicted octanol–water partition coefficient (Wildman–Crippen LogP) is 8.16. The first-order valence-electron chi connectivity index (χ1n) is 8.20. The molecule has 0 radical (unpaired) electrons. The van der Waals surface area contributed by atoms with Crippen molar-refractivity contribution in [3.8, 4) is 11.8 Å². The minimum Gasteiger partial charge on any atom is -0.488 e. The monoisotopic (exact) mass is 535 g/mol. The highest BCUT2D eigenvalue weighted by molar-refractivity contribution is 9.10. The van der Waals surface area contributed by atoms with Crippen LogP contribution in [0.15, 0.2) is 69.6 Å². The van der Waals surface area contributed by atoms with E-state index in [0.717, 1.165) is 25.6 Å². The molecule has 0 fully saturated rings. The van der Waals surface area contributed by atoms with E-state index in [0.29, 0.717) is 28.0 Å². The Balaban J connectivity index is 1.78. The van der Waals surface area contributed by atoms with Crippen molar-refractivity contribution in [1.82, 2.24) is 0 Å². The Hall–Kier alpha value is -1.77. The van der Waals surface area contributed by atoms with E-state index in [4.69, 9.17) is 27.9 Å². The highest BCUT2D eigenvalue weighted by atomic mass is 79.9. The zero-order valence-corrected chi connectivity index (χ0v) is 19.1. The van der Waals surface area contributed by atoms with E-state index in [1.807, 2.05) is 54.6 Å². The van der Waals surface area contributed by atoms with Crippen LogP contribution in [0.3, 0.4) is 0 Å². The van der Waals surface area contributed by atoms with E-state index in [-0.39, 0.29) is 0 Å². The average molecular weight is 538 g/mol. The third kappa shape index (κ3) is 5.40. The second-order valence-electron chi connectivity index (χ2n) is 5.89. The van der Waals surface area contributed by atoms with Gasteiger partial charge in [0.05, 0.1) is 16.1 Å². The maximum absolute atomic E-state index is 9.50. The smallest absolute Gasteiger partial charge is 0.134 e. The van der Waals surface area contributed by atoms with Crippen molar-refractivity contribution in [2.75, 3.05) is 0 Å². The maximum Gasteiger partial charge on any atom is 0.134 e. The van der Waals surface area contributed by atoms with Crippen LogP contribution in [0.4, 0.5) is 0 Å². The molecule has 0 saturated carbocycles. The lowest BCUT2D eigenvalue weighted by Gasteiger charge is -2.10. The van der Waals surface area contributed by atoms with Gasteiger partial charge in [0.25, 0.3) is 0 Å². The van der Waals surface area contributed by atoms with E-state index in [1.54, 1.807) is 12.1 Å². The molecule has 0 atom stereocenters. The molecule has 0 spiro atoms. The molecule has 2 nitrogen and oxygen atoms in total. The molecule has 0 N–H and O–H groups in total. The van der Waals surface area contributed by atoms with Crippen molar-refractivity contribution in [2.45, 2.75) is 6.61 Å². The summed E-state index contributed by atoms with van der Waals surface area (Å²) < 4.78 is 7.62. The number of halogens is 4. The first-order chi connectivity index (χ1) is 13.5. The number of rotatable bonds is 5. The first kappa shape index (κ1) is 21.0. The van der Waals surface area contributed by atoms with Crippen LogP contribution in [0.25, 0.3) is 11.6 Å². The number of nitrogens with zero attached hydrogens (tertiary/aromatic N) is 1. The molecule has 0 saturated heterocycles. The molecule has 0 amide bonds. The van der Waals surface area contributed by atoms with E-state index in [1.165, 1.54) is 0 Å². The fraction of sp³-hybridized carbons (Fsp3) is 0.0455. The summed E-state index contributed by atoms with van der Waals surface area (Å²) in [6.45, 7) is 0.326. The Labute approximate surface area is 190 Å². The van der Waals surface area contributed by atoms with Crippen molar-refractivity contribution in [1.29, 1.82) is 5.26 Å². The van der Waals surface area contributed by atoms with Crippen LogP contribution < -0.4 is 4.74 Å². The number of allylic oxidation sites excluding steroid dienone is 1. The summed E-state index contributed by atoms with van der Waals surface area (Å²) in [5, 5.41) is 10.7. The van der Waals surface area contributed by atoms with Gasteiger partial charge in [0.2, 0.25) is 0 Å². The normalized spacial score (nSPS) is 11.2. The number of ether oxygens (including phenoxy) is 1. The number of benzene rings is 3. The van der Waals surface area contributed by atoms with Gasteiger partial charge in [-0.15, -0.1) is 0 Å². The summed E-state index contributed by atoms with van der Waals surface area (Å²) in [6, 6.07) is 20.9. The minimum atomic E-state index is 0.326. The second kappa shape index (κ2) is 9.62. The van der Waals surface area contributed by atoms with Gasteiger partial charge in [0.15, 0.2) is 0 Å². The summed E-state index contributed by atoms with van der Waals surface area (Å²) in [5.41, 5.74) is 3.19. The lowest BCUT2D eigenvalue weighted by Crippen LogP contribution is -1.97. The molecule has 3 aromatic carbocycles. The highest BCUT2D eigenvalue weighted by Gasteiger charge is 2.07. The number of nitriles is 1. The molecule has 0 bridgehead atoms. The summed E-state index contributed by atoms with van der Waals surface area (Å²) in [5.74, 6) is 0.685. The molecular formula is C22H13Br2Cl2NO. The first-order valence-corrected chi connectivity index (χ1v) is 10.5. The van der Waals surface area contributed by atoms with Crippen LogP contribution in [-0.4, -0.2) is 0 Å². The Morgan fingerprint density at radius 2 is 1.75 bits per heavy atom. The molecule has 0 aliphatic carbocycles. The van der Waals surface area contributed by atoms with Gasteiger partial charge in [-0.2, -0.15) is 5.26 Å². The highest BCUT2D eigenvalue weighted by Crippen LogP contribution is 2.30. The zero-order chi connectivity index (χ0) is 20.1. The fourth-order valence-electron chi connectivity index (χ4n) is 2.49. The van der Waals surface area contributed by atoms with Gasteiger partial charge in [-0.1, -0.05) is 63.4 Å². The molecule has 3 rings (SSSR count). The van der Waals surface area contributed by atoms with E-state index in [2.05, 4.69) is 37.9 Å². The summed E-state index contributed by atoms with van der Waals surface area (Å²) >= 11 is 19.0. The molecule has 3 aromatic rings. The number of hydrogen-bond donors (Lipinski definition) is 0. The van der Waals surface area contributed by atoms with Crippen molar-refractivity contribution in [3.05, 3.63) is 96.3 Å². The average Bonchev–Trinajstić information content (AvgIpc) is 2.67. The van der Waals surface area contributed by atoms with Gasteiger partial charge in [-0.3, -0.25) is 0 Å². The van der Waals surface area contributed by atoms with Crippen LogP contribution in [0, 0.1) is 11.3 Å². The Bertz CT molecular complexity index is 1070. The SMILES string of the molecule is N#C/C(=C/c1ccc(OCc2ccc(Cl)cc2Cl)c(Br)c1)c1ccc(Br)cc1. The van der Waals surface area contributed by atoms with Crippen LogP contribution in [-0.2, 0) is 6.61 Å². The van der Waals surface area contributed by atoms with Crippen molar-refractivity contribution in [2.24, 2.45) is 0 Å². The van der Waals surface area contributed by atoms with Gasteiger partial charge >= 0.3 is 0 Å². The maximum atomic E-state index is 9.50. The summed E-state index contributed by atoms with van der Waals surface area (Å²) in [4.78, 5) is 0. The summed E-state index contributed by atoms with van der Waals surface area (Å²) in [7, 11) is 0. The standard InChI is InChI=1S/C22H13Br2Cl2NO/c23-18-5-2-15(3-6-18)17(12-27)9-14-1-8-22(20(24)10-14)28-13-16-4-7-19(25)11-21(16)26/h1-11H,13H2/b17-9-. The molecule has 0 aromatic heterocycles. The Morgan fingerprint density at radius 1 is 1.00 bits per heavy atom. The van der Waals surface area contributed by atoms with Crippen LogP contribution in [0.2, 0.25) is 10.0 Å². The van der Waals surface area contributed by atoms with Crippen LogP contribution in [0.5, 0.6) is 5.75 Å². The molecule has 0 aliphatic rings. The van der Waals surface area contributed by atoms with Gasteiger partial charge in [0.1, 0.15) is 12.4 Å². The van der Waals surface area contributed by atoms with E-state index < -0.39 is 0 Å². The summed E-state index contributed by atoms with van der Waals surface area (Å²) in [6.07, 6.45) is 1.84. The topological polar surface area (TPSA) is 33.0 Å². The van der Waals surface area contributed by atoms with E-state index >= 15 is 0 Å². The van der Waals surface area contributed by atoms with Crippen LogP contribution in [0.1, 0.15) is 16.7 Å². The number of hydrogen-bond acceptors (Lipinski definition) is 2. The quantitative estimate of drug-likeness (QED) is 0.243. The van der Waals surface area contributed by atoms with Crippen molar-refractivity contribution >= 4 is 66.7 Å². The lowest BCUT2D eigenvalue weighted by molar-refractivity contribution is 0.304. The fourth-order valence-corrected chi connectivity index (χ4v) is 3.73. The third-order valence-electron chi connectivity index (χ3n) is 3.94.